The standard InChI is InChI=1S/C7H17BO/c1-4-7-9-8(5-2)6-3/h4-7H2,1-3H3. The average molecular weight is 128 g/mol. The molecule has 2 heteroatoms. The van der Waals surface area contributed by atoms with Crippen LogP contribution in [-0.2, 0) is 4.65 Å². The van der Waals surface area contributed by atoms with Gasteiger partial charge in [0, 0.05) is 6.61 Å². The molecule has 0 aliphatic rings. The molecule has 0 saturated carbocycles. The van der Waals surface area contributed by atoms with Crippen molar-refractivity contribution in [2.45, 2.75) is 39.8 Å². The molecule has 0 radical (unpaired) electrons. The van der Waals surface area contributed by atoms with Crippen molar-refractivity contribution in [2.75, 3.05) is 6.61 Å². The maximum absolute atomic E-state index is 5.49. The highest BCUT2D eigenvalue weighted by molar-refractivity contribution is 6.51. The second kappa shape index (κ2) is 6.15. The van der Waals surface area contributed by atoms with E-state index in [9.17, 15) is 0 Å². The minimum Gasteiger partial charge on any atom is -0.436 e. The first-order chi connectivity index (χ1) is 4.35. The van der Waals surface area contributed by atoms with Gasteiger partial charge in [-0.2, -0.15) is 0 Å². The van der Waals surface area contributed by atoms with E-state index in [2.05, 4.69) is 20.8 Å². The van der Waals surface area contributed by atoms with Crippen LogP contribution in [0.2, 0.25) is 12.6 Å². The van der Waals surface area contributed by atoms with Crippen molar-refractivity contribution in [3.05, 3.63) is 0 Å². The molecule has 0 aliphatic heterocycles. The van der Waals surface area contributed by atoms with Crippen LogP contribution in [0.25, 0.3) is 0 Å². The molecule has 0 aromatic heterocycles. The number of hydrogen-bond acceptors (Lipinski definition) is 1. The van der Waals surface area contributed by atoms with Gasteiger partial charge in [0.2, 0.25) is 0 Å². The number of rotatable bonds is 5. The van der Waals surface area contributed by atoms with Gasteiger partial charge in [-0.15, -0.1) is 0 Å². The fraction of sp³-hybridized carbons (Fsp3) is 1.00. The molecule has 0 heterocycles. The third-order valence-electron chi connectivity index (χ3n) is 1.47. The molecule has 1 nitrogen and oxygen atoms in total. The SMILES string of the molecule is CCCOB(CC)CC. The molecular weight excluding hydrogens is 111 g/mol. The van der Waals surface area contributed by atoms with Gasteiger partial charge < -0.3 is 4.65 Å². The summed E-state index contributed by atoms with van der Waals surface area (Å²) < 4.78 is 5.49. The average Bonchev–Trinajstić information content (AvgIpc) is 1.91. The highest BCUT2D eigenvalue weighted by atomic mass is 16.4. The fourth-order valence-corrected chi connectivity index (χ4v) is 0.809. The smallest absolute Gasteiger partial charge is 0.292 e. The summed E-state index contributed by atoms with van der Waals surface area (Å²) in [7, 11) is 0. The molecule has 0 N–H and O–H groups in total. The maximum Gasteiger partial charge on any atom is 0.292 e. The molecule has 9 heavy (non-hydrogen) atoms. The van der Waals surface area contributed by atoms with Crippen LogP contribution in [-0.4, -0.2) is 13.5 Å². The lowest BCUT2D eigenvalue weighted by Gasteiger charge is -2.07. The van der Waals surface area contributed by atoms with Crippen molar-refractivity contribution in [3.8, 4) is 0 Å². The van der Waals surface area contributed by atoms with Crippen LogP contribution in [0.15, 0.2) is 0 Å². The lowest BCUT2D eigenvalue weighted by atomic mass is 9.63. The van der Waals surface area contributed by atoms with Crippen molar-refractivity contribution in [1.82, 2.24) is 0 Å². The van der Waals surface area contributed by atoms with Gasteiger partial charge in [0.05, 0.1) is 0 Å². The van der Waals surface area contributed by atoms with Crippen LogP contribution in [0, 0.1) is 0 Å². The Morgan fingerprint density at radius 1 is 1.11 bits per heavy atom. The van der Waals surface area contributed by atoms with Crippen LogP contribution in [0.1, 0.15) is 27.2 Å². The zero-order chi connectivity index (χ0) is 7.11. The molecule has 0 atom stereocenters. The molecule has 0 rings (SSSR count). The lowest BCUT2D eigenvalue weighted by molar-refractivity contribution is 0.319. The van der Waals surface area contributed by atoms with Crippen LogP contribution in [0.5, 0.6) is 0 Å². The largest absolute Gasteiger partial charge is 0.436 e. The van der Waals surface area contributed by atoms with E-state index >= 15 is 0 Å². The summed E-state index contributed by atoms with van der Waals surface area (Å²) in [6, 6.07) is 0. The first-order valence-corrected chi connectivity index (χ1v) is 3.96. The molecular formula is C7H17BO. The minimum absolute atomic E-state index is 0.505. The molecule has 0 aliphatic carbocycles. The zero-order valence-electron chi connectivity index (χ0n) is 6.81. The molecule has 0 fully saturated rings. The van der Waals surface area contributed by atoms with Gasteiger partial charge in [-0.05, 0) is 6.42 Å². The van der Waals surface area contributed by atoms with E-state index in [4.69, 9.17) is 4.65 Å². The molecule has 0 amide bonds. The Balaban J connectivity index is 3.09. The van der Waals surface area contributed by atoms with Gasteiger partial charge in [-0.1, -0.05) is 33.4 Å². The zero-order valence-corrected chi connectivity index (χ0v) is 6.81. The summed E-state index contributed by atoms with van der Waals surface area (Å²) in [4.78, 5) is 0. The van der Waals surface area contributed by atoms with Crippen LogP contribution >= 0.6 is 0 Å². The first kappa shape index (κ1) is 9.02. The molecule has 0 unspecified atom stereocenters. The Labute approximate surface area is 58.9 Å². The Hall–Kier alpha value is 0.0249. The molecule has 0 bridgehead atoms. The van der Waals surface area contributed by atoms with E-state index in [1.54, 1.807) is 0 Å². The van der Waals surface area contributed by atoms with Gasteiger partial charge in [0.25, 0.3) is 6.92 Å². The van der Waals surface area contributed by atoms with Gasteiger partial charge in [0.15, 0.2) is 0 Å². The Bertz CT molecular complexity index is 52.9. The second-order valence-corrected chi connectivity index (χ2v) is 2.31. The van der Waals surface area contributed by atoms with Gasteiger partial charge in [-0.25, -0.2) is 0 Å². The molecule has 0 spiro atoms. The first-order valence-electron chi connectivity index (χ1n) is 3.96. The summed E-state index contributed by atoms with van der Waals surface area (Å²) in [6.45, 7) is 7.91. The highest BCUT2D eigenvalue weighted by Gasteiger charge is 2.07. The summed E-state index contributed by atoms with van der Waals surface area (Å²) in [5.41, 5.74) is 0. The van der Waals surface area contributed by atoms with Gasteiger partial charge >= 0.3 is 0 Å². The fourth-order valence-electron chi connectivity index (χ4n) is 0.809. The van der Waals surface area contributed by atoms with Crippen molar-refractivity contribution in [3.63, 3.8) is 0 Å². The lowest BCUT2D eigenvalue weighted by Crippen LogP contribution is -2.15. The van der Waals surface area contributed by atoms with Gasteiger partial charge in [0.1, 0.15) is 0 Å². The number of hydrogen-bond donors (Lipinski definition) is 0. The second-order valence-electron chi connectivity index (χ2n) is 2.31. The van der Waals surface area contributed by atoms with E-state index in [1.807, 2.05) is 0 Å². The summed E-state index contributed by atoms with van der Waals surface area (Å²) >= 11 is 0. The van der Waals surface area contributed by atoms with E-state index in [-0.39, 0.29) is 0 Å². The topological polar surface area (TPSA) is 9.23 Å². The van der Waals surface area contributed by atoms with Crippen LogP contribution in [0.4, 0.5) is 0 Å². The Morgan fingerprint density at radius 2 is 1.67 bits per heavy atom. The van der Waals surface area contributed by atoms with Crippen molar-refractivity contribution >= 4 is 6.92 Å². The van der Waals surface area contributed by atoms with E-state index in [0.29, 0.717) is 6.92 Å². The predicted molar refractivity (Wildman–Crippen MR) is 43.0 cm³/mol. The van der Waals surface area contributed by atoms with Gasteiger partial charge in [-0.3, -0.25) is 0 Å². The quantitative estimate of drug-likeness (QED) is 0.516. The van der Waals surface area contributed by atoms with Crippen LogP contribution < -0.4 is 0 Å². The summed E-state index contributed by atoms with van der Waals surface area (Å²) in [5.74, 6) is 0. The van der Waals surface area contributed by atoms with Crippen molar-refractivity contribution < 1.29 is 4.65 Å². The van der Waals surface area contributed by atoms with Crippen molar-refractivity contribution in [1.29, 1.82) is 0 Å². The monoisotopic (exact) mass is 128 g/mol. The van der Waals surface area contributed by atoms with E-state index in [1.165, 1.54) is 0 Å². The van der Waals surface area contributed by atoms with E-state index < -0.39 is 0 Å². The molecule has 0 saturated heterocycles. The third kappa shape index (κ3) is 4.52. The Kier molecular flexibility index (Phi) is 6.17. The molecule has 0 aromatic carbocycles. The summed E-state index contributed by atoms with van der Waals surface area (Å²) in [6.07, 6.45) is 3.43. The Morgan fingerprint density at radius 3 is 2.00 bits per heavy atom. The molecule has 54 valence electrons. The maximum atomic E-state index is 5.49. The van der Waals surface area contributed by atoms with Crippen LogP contribution in [0.3, 0.4) is 0 Å². The highest BCUT2D eigenvalue weighted by Crippen LogP contribution is 1.99. The van der Waals surface area contributed by atoms with E-state index in [0.717, 1.165) is 25.7 Å². The predicted octanol–water partition coefficient (Wildman–Crippen LogP) is 2.44. The third-order valence-corrected chi connectivity index (χ3v) is 1.47. The van der Waals surface area contributed by atoms with Crippen molar-refractivity contribution in [2.24, 2.45) is 0 Å². The molecule has 0 aromatic rings. The normalized spacial score (nSPS) is 9.67. The minimum atomic E-state index is 0.505. The summed E-state index contributed by atoms with van der Waals surface area (Å²) in [5, 5.41) is 0.